The van der Waals surface area contributed by atoms with Crippen LogP contribution in [-0.2, 0) is 6.54 Å². The van der Waals surface area contributed by atoms with E-state index >= 15 is 0 Å². The topological polar surface area (TPSA) is 30.5 Å². The van der Waals surface area contributed by atoms with E-state index in [1.165, 1.54) is 0 Å². The monoisotopic (exact) mass is 257 g/mol. The molecule has 96 valence electrons. The second-order valence-corrected chi connectivity index (χ2v) is 4.43. The van der Waals surface area contributed by atoms with E-state index in [1.54, 1.807) is 20.3 Å². The van der Waals surface area contributed by atoms with Crippen LogP contribution in [-0.4, -0.2) is 20.3 Å². The van der Waals surface area contributed by atoms with Crippen molar-refractivity contribution in [3.63, 3.8) is 0 Å². The van der Waals surface area contributed by atoms with Crippen molar-refractivity contribution in [1.29, 1.82) is 0 Å². The Hall–Kier alpha value is -0.930. The second-order valence-electron chi connectivity index (χ2n) is 3.99. The van der Waals surface area contributed by atoms with Gasteiger partial charge in [-0.3, -0.25) is 0 Å². The lowest BCUT2D eigenvalue weighted by molar-refractivity contribution is 0.350. The molecule has 0 aromatic heterocycles. The van der Waals surface area contributed by atoms with Gasteiger partial charge in [0.15, 0.2) is 11.5 Å². The van der Waals surface area contributed by atoms with E-state index in [4.69, 9.17) is 21.1 Å². The van der Waals surface area contributed by atoms with Crippen molar-refractivity contribution in [3.05, 3.63) is 22.7 Å². The summed E-state index contributed by atoms with van der Waals surface area (Å²) in [5, 5.41) is 4.06. The SMILES string of the molecule is CCC(C)NCc1cc(Cl)cc(OC)c1OC. The third kappa shape index (κ3) is 3.79. The highest BCUT2D eigenvalue weighted by atomic mass is 35.5. The summed E-state index contributed by atoms with van der Waals surface area (Å²) < 4.78 is 10.6. The molecular formula is C13H20ClNO2. The van der Waals surface area contributed by atoms with Crippen LogP contribution < -0.4 is 14.8 Å². The van der Waals surface area contributed by atoms with Crippen molar-refractivity contribution >= 4 is 11.6 Å². The van der Waals surface area contributed by atoms with Gasteiger partial charge < -0.3 is 14.8 Å². The number of benzene rings is 1. The fourth-order valence-electron chi connectivity index (χ4n) is 1.57. The number of hydrogen-bond donors (Lipinski definition) is 1. The van der Waals surface area contributed by atoms with E-state index in [0.717, 1.165) is 24.3 Å². The molecular weight excluding hydrogens is 238 g/mol. The van der Waals surface area contributed by atoms with E-state index in [1.807, 2.05) is 6.07 Å². The minimum atomic E-state index is 0.463. The smallest absolute Gasteiger partial charge is 0.165 e. The van der Waals surface area contributed by atoms with Crippen LogP contribution in [0.4, 0.5) is 0 Å². The van der Waals surface area contributed by atoms with Crippen LogP contribution in [0.5, 0.6) is 11.5 Å². The van der Waals surface area contributed by atoms with Gasteiger partial charge >= 0.3 is 0 Å². The zero-order valence-corrected chi connectivity index (χ0v) is 11.6. The largest absolute Gasteiger partial charge is 0.493 e. The lowest BCUT2D eigenvalue weighted by Gasteiger charge is -2.16. The maximum atomic E-state index is 6.04. The molecule has 1 unspecified atom stereocenters. The van der Waals surface area contributed by atoms with Crippen LogP contribution in [0.1, 0.15) is 25.8 Å². The van der Waals surface area contributed by atoms with E-state index in [9.17, 15) is 0 Å². The molecule has 1 aromatic rings. The Morgan fingerprint density at radius 1 is 1.29 bits per heavy atom. The molecule has 0 saturated heterocycles. The normalized spacial score (nSPS) is 12.3. The van der Waals surface area contributed by atoms with Crippen LogP contribution in [0.2, 0.25) is 5.02 Å². The van der Waals surface area contributed by atoms with Crippen molar-refractivity contribution in [3.8, 4) is 11.5 Å². The van der Waals surface area contributed by atoms with E-state index in [-0.39, 0.29) is 0 Å². The number of nitrogens with one attached hydrogen (secondary N) is 1. The molecule has 0 aliphatic heterocycles. The van der Waals surface area contributed by atoms with Crippen LogP contribution >= 0.6 is 11.6 Å². The van der Waals surface area contributed by atoms with Gasteiger partial charge in [0.1, 0.15) is 0 Å². The predicted octanol–water partition coefficient (Wildman–Crippen LogP) is 3.25. The van der Waals surface area contributed by atoms with Gasteiger partial charge in [-0.1, -0.05) is 18.5 Å². The van der Waals surface area contributed by atoms with Gasteiger partial charge in [0, 0.05) is 29.2 Å². The van der Waals surface area contributed by atoms with Crippen LogP contribution in [0.15, 0.2) is 12.1 Å². The summed E-state index contributed by atoms with van der Waals surface area (Å²) in [5.41, 5.74) is 1.01. The molecule has 0 fully saturated rings. The lowest BCUT2D eigenvalue weighted by atomic mass is 10.1. The van der Waals surface area contributed by atoms with Crippen molar-refractivity contribution in [1.82, 2.24) is 5.32 Å². The van der Waals surface area contributed by atoms with Crippen molar-refractivity contribution in [2.45, 2.75) is 32.9 Å². The molecule has 1 N–H and O–H groups in total. The van der Waals surface area contributed by atoms with Crippen LogP contribution in [0.25, 0.3) is 0 Å². The summed E-state index contributed by atoms with van der Waals surface area (Å²) >= 11 is 6.04. The first-order valence-electron chi connectivity index (χ1n) is 5.76. The molecule has 0 heterocycles. The average Bonchev–Trinajstić information content (AvgIpc) is 2.34. The first-order valence-corrected chi connectivity index (χ1v) is 6.13. The number of hydrogen-bond acceptors (Lipinski definition) is 3. The zero-order valence-electron chi connectivity index (χ0n) is 10.8. The maximum absolute atomic E-state index is 6.04. The van der Waals surface area contributed by atoms with Crippen LogP contribution in [0.3, 0.4) is 0 Å². The molecule has 0 aliphatic carbocycles. The third-order valence-corrected chi connectivity index (χ3v) is 2.99. The summed E-state index contributed by atoms with van der Waals surface area (Å²) in [5.74, 6) is 1.41. The molecule has 17 heavy (non-hydrogen) atoms. The standard InChI is InChI=1S/C13H20ClNO2/c1-5-9(2)15-8-10-6-11(14)7-12(16-3)13(10)17-4/h6-7,9,15H,5,8H2,1-4H3. The molecule has 0 radical (unpaired) electrons. The first kappa shape index (κ1) is 14.1. The Balaban J connectivity index is 2.92. The van der Waals surface area contributed by atoms with Gasteiger partial charge in [0.05, 0.1) is 14.2 Å². The van der Waals surface area contributed by atoms with Crippen molar-refractivity contribution < 1.29 is 9.47 Å². The van der Waals surface area contributed by atoms with E-state index in [2.05, 4.69) is 19.2 Å². The van der Waals surface area contributed by atoms with Gasteiger partial charge in [-0.15, -0.1) is 0 Å². The highest BCUT2D eigenvalue weighted by Gasteiger charge is 2.12. The third-order valence-electron chi connectivity index (χ3n) is 2.77. The number of rotatable bonds is 6. The Bertz CT molecular complexity index is 369. The Labute approximate surface area is 108 Å². The molecule has 1 atom stereocenters. The maximum Gasteiger partial charge on any atom is 0.165 e. The molecule has 3 nitrogen and oxygen atoms in total. The van der Waals surface area contributed by atoms with E-state index in [0.29, 0.717) is 16.8 Å². The number of halogens is 1. The lowest BCUT2D eigenvalue weighted by Crippen LogP contribution is -2.24. The summed E-state index contributed by atoms with van der Waals surface area (Å²) in [7, 11) is 3.25. The Morgan fingerprint density at radius 2 is 2.00 bits per heavy atom. The minimum absolute atomic E-state index is 0.463. The summed E-state index contributed by atoms with van der Waals surface area (Å²) in [4.78, 5) is 0. The highest BCUT2D eigenvalue weighted by molar-refractivity contribution is 6.30. The van der Waals surface area contributed by atoms with Gasteiger partial charge in [0.2, 0.25) is 0 Å². The van der Waals surface area contributed by atoms with Gasteiger partial charge in [0.25, 0.3) is 0 Å². The minimum Gasteiger partial charge on any atom is -0.493 e. The Kier molecular flexibility index (Phi) is 5.59. The zero-order chi connectivity index (χ0) is 12.8. The molecule has 4 heteroatoms. The fourth-order valence-corrected chi connectivity index (χ4v) is 1.80. The van der Waals surface area contributed by atoms with Crippen molar-refractivity contribution in [2.75, 3.05) is 14.2 Å². The fraction of sp³-hybridized carbons (Fsp3) is 0.538. The quantitative estimate of drug-likeness (QED) is 0.849. The van der Waals surface area contributed by atoms with Crippen molar-refractivity contribution in [2.24, 2.45) is 0 Å². The number of methoxy groups -OCH3 is 2. The molecule has 0 saturated carbocycles. The molecule has 0 spiro atoms. The Morgan fingerprint density at radius 3 is 2.53 bits per heavy atom. The molecule has 1 rings (SSSR count). The van der Waals surface area contributed by atoms with Gasteiger partial charge in [-0.25, -0.2) is 0 Å². The summed E-state index contributed by atoms with van der Waals surface area (Å²) in [6.45, 7) is 5.01. The number of ether oxygens (including phenoxy) is 2. The molecule has 0 bridgehead atoms. The average molecular weight is 258 g/mol. The highest BCUT2D eigenvalue weighted by Crippen LogP contribution is 2.34. The van der Waals surface area contributed by atoms with Crippen LogP contribution in [0, 0.1) is 0 Å². The van der Waals surface area contributed by atoms with E-state index < -0.39 is 0 Å². The summed E-state index contributed by atoms with van der Waals surface area (Å²) in [6.07, 6.45) is 1.08. The van der Waals surface area contributed by atoms with Gasteiger partial charge in [-0.05, 0) is 19.4 Å². The molecule has 1 aromatic carbocycles. The molecule has 0 amide bonds. The summed E-state index contributed by atoms with van der Waals surface area (Å²) in [6, 6.07) is 4.12. The predicted molar refractivity (Wildman–Crippen MR) is 71.1 cm³/mol. The first-order chi connectivity index (χ1) is 8.12. The second kappa shape index (κ2) is 6.72. The van der Waals surface area contributed by atoms with Gasteiger partial charge in [-0.2, -0.15) is 0 Å². The molecule has 0 aliphatic rings.